The molecule has 1 aliphatic heterocycles. The second-order valence-electron chi connectivity index (χ2n) is 3.45. The van der Waals surface area contributed by atoms with Crippen LogP contribution in [0.1, 0.15) is 6.92 Å². The van der Waals surface area contributed by atoms with E-state index in [1.165, 1.54) is 4.90 Å². The number of nitrogens with two attached hydrogens (primary N) is 2. The summed E-state index contributed by atoms with van der Waals surface area (Å²) in [6.45, 7) is 2.70. The molecule has 0 aromatic heterocycles. The van der Waals surface area contributed by atoms with E-state index in [-0.39, 0.29) is 12.0 Å². The summed E-state index contributed by atoms with van der Waals surface area (Å²) >= 11 is 0. The van der Waals surface area contributed by atoms with Crippen LogP contribution in [0, 0.1) is 5.92 Å². The Kier molecular flexibility index (Phi) is 3.29. The number of nitrogens with zero attached hydrogens (tertiary/aromatic N) is 1. The number of carbonyl (C=O) groups excluding carboxylic acids is 2. The molecule has 0 aromatic carbocycles. The van der Waals surface area contributed by atoms with E-state index in [1.807, 2.05) is 0 Å². The van der Waals surface area contributed by atoms with Gasteiger partial charge in [-0.25, -0.2) is 4.79 Å². The van der Waals surface area contributed by atoms with Gasteiger partial charge in [0.2, 0.25) is 5.91 Å². The van der Waals surface area contributed by atoms with Crippen molar-refractivity contribution in [1.82, 2.24) is 4.90 Å². The summed E-state index contributed by atoms with van der Waals surface area (Å²) in [6.07, 6.45) is -0.684. The van der Waals surface area contributed by atoms with Crippen molar-refractivity contribution < 1.29 is 14.3 Å². The van der Waals surface area contributed by atoms with Gasteiger partial charge in [0.25, 0.3) is 0 Å². The molecule has 1 saturated heterocycles. The molecule has 2 amide bonds. The summed E-state index contributed by atoms with van der Waals surface area (Å²) in [7, 11) is 0. The number of rotatable bonds is 4. The second kappa shape index (κ2) is 4.28. The van der Waals surface area contributed by atoms with Crippen molar-refractivity contribution >= 4 is 12.0 Å². The van der Waals surface area contributed by atoms with Crippen molar-refractivity contribution in [3.05, 3.63) is 0 Å². The van der Waals surface area contributed by atoms with Gasteiger partial charge in [-0.3, -0.25) is 4.79 Å². The Hall–Kier alpha value is -1.30. The highest BCUT2D eigenvalue weighted by Crippen LogP contribution is 2.12. The van der Waals surface area contributed by atoms with E-state index < -0.39 is 12.0 Å². The van der Waals surface area contributed by atoms with E-state index in [9.17, 15) is 9.59 Å². The van der Waals surface area contributed by atoms with Gasteiger partial charge in [-0.15, -0.1) is 0 Å². The zero-order valence-electron chi connectivity index (χ0n) is 8.10. The Morgan fingerprint density at radius 3 is 2.86 bits per heavy atom. The largest absolute Gasteiger partial charge is 0.443 e. The summed E-state index contributed by atoms with van der Waals surface area (Å²) < 4.78 is 4.91. The fraction of sp³-hybridized carbons (Fsp3) is 0.750. The van der Waals surface area contributed by atoms with Gasteiger partial charge in [0.05, 0.1) is 12.5 Å². The zero-order valence-corrected chi connectivity index (χ0v) is 8.10. The first-order valence-electron chi connectivity index (χ1n) is 4.49. The molecule has 14 heavy (non-hydrogen) atoms. The van der Waals surface area contributed by atoms with Gasteiger partial charge in [0, 0.05) is 13.1 Å². The van der Waals surface area contributed by atoms with Crippen molar-refractivity contribution in [3.8, 4) is 0 Å². The molecule has 1 rings (SSSR count). The summed E-state index contributed by atoms with van der Waals surface area (Å²) in [4.78, 5) is 23.4. The van der Waals surface area contributed by atoms with E-state index in [4.69, 9.17) is 16.2 Å². The lowest BCUT2D eigenvalue weighted by Gasteiger charge is -2.15. The molecule has 1 heterocycles. The van der Waals surface area contributed by atoms with Crippen LogP contribution >= 0.6 is 0 Å². The van der Waals surface area contributed by atoms with Gasteiger partial charge >= 0.3 is 6.09 Å². The average molecular weight is 201 g/mol. The second-order valence-corrected chi connectivity index (χ2v) is 3.45. The fourth-order valence-corrected chi connectivity index (χ4v) is 1.27. The molecule has 6 heteroatoms. The highest BCUT2D eigenvalue weighted by atomic mass is 16.6. The number of hydrogen-bond acceptors (Lipinski definition) is 4. The topological polar surface area (TPSA) is 98.7 Å². The lowest BCUT2D eigenvalue weighted by molar-refractivity contribution is -0.121. The van der Waals surface area contributed by atoms with Gasteiger partial charge in [-0.2, -0.15) is 0 Å². The number of primary amides is 1. The van der Waals surface area contributed by atoms with Crippen molar-refractivity contribution in [1.29, 1.82) is 0 Å². The molecule has 0 bridgehead atoms. The van der Waals surface area contributed by atoms with E-state index in [1.54, 1.807) is 6.92 Å². The molecule has 80 valence electrons. The van der Waals surface area contributed by atoms with Crippen molar-refractivity contribution in [3.63, 3.8) is 0 Å². The quantitative estimate of drug-likeness (QED) is 0.602. The number of hydrogen-bond donors (Lipinski definition) is 2. The standard InChI is InChI=1S/C8H15N3O3/c1-5(7(10)12)3-11-4-6(2-9)14-8(11)13/h5-6H,2-4,9H2,1H3,(H2,10,12). The predicted octanol–water partition coefficient (Wildman–Crippen LogP) is -1.11. The van der Waals surface area contributed by atoms with Crippen LogP contribution in [-0.4, -0.2) is 42.6 Å². The molecular weight excluding hydrogens is 186 g/mol. The Morgan fingerprint density at radius 2 is 2.43 bits per heavy atom. The third-order valence-electron chi connectivity index (χ3n) is 2.19. The Bertz CT molecular complexity index is 244. The molecule has 6 nitrogen and oxygen atoms in total. The van der Waals surface area contributed by atoms with Crippen LogP contribution < -0.4 is 11.5 Å². The van der Waals surface area contributed by atoms with E-state index in [2.05, 4.69) is 0 Å². The molecule has 1 fully saturated rings. The summed E-state index contributed by atoms with van der Waals surface area (Å²) in [5.74, 6) is -0.784. The monoisotopic (exact) mass is 201 g/mol. The van der Waals surface area contributed by atoms with E-state index in [0.29, 0.717) is 19.6 Å². The minimum atomic E-state index is -0.423. The van der Waals surface area contributed by atoms with Crippen LogP contribution in [-0.2, 0) is 9.53 Å². The summed E-state index contributed by atoms with van der Waals surface area (Å²) in [6, 6.07) is 0. The first kappa shape index (κ1) is 10.8. The molecule has 1 aliphatic rings. The highest BCUT2D eigenvalue weighted by molar-refractivity contribution is 5.77. The van der Waals surface area contributed by atoms with E-state index >= 15 is 0 Å². The van der Waals surface area contributed by atoms with Gasteiger partial charge in [-0.05, 0) is 0 Å². The lowest BCUT2D eigenvalue weighted by atomic mass is 10.1. The first-order valence-corrected chi connectivity index (χ1v) is 4.49. The third kappa shape index (κ3) is 2.35. The lowest BCUT2D eigenvalue weighted by Crippen LogP contribution is -2.36. The molecular formula is C8H15N3O3. The van der Waals surface area contributed by atoms with Crippen molar-refractivity contribution in [2.24, 2.45) is 17.4 Å². The Balaban J connectivity index is 2.46. The molecule has 2 atom stereocenters. The maximum absolute atomic E-state index is 11.2. The fourth-order valence-electron chi connectivity index (χ4n) is 1.27. The summed E-state index contributed by atoms with van der Waals surface area (Å²) in [5.41, 5.74) is 10.4. The highest BCUT2D eigenvalue weighted by Gasteiger charge is 2.31. The van der Waals surface area contributed by atoms with Gasteiger partial charge < -0.3 is 21.1 Å². The number of ether oxygens (including phenoxy) is 1. The molecule has 4 N–H and O–H groups in total. The summed E-state index contributed by atoms with van der Waals surface area (Å²) in [5, 5.41) is 0. The van der Waals surface area contributed by atoms with Gasteiger partial charge in [-0.1, -0.05) is 6.92 Å². The molecule has 0 aliphatic carbocycles. The average Bonchev–Trinajstić information content (AvgIpc) is 2.47. The van der Waals surface area contributed by atoms with Crippen LogP contribution in [0.4, 0.5) is 4.79 Å². The van der Waals surface area contributed by atoms with Gasteiger partial charge in [0.1, 0.15) is 6.10 Å². The smallest absolute Gasteiger partial charge is 0.410 e. The van der Waals surface area contributed by atoms with Crippen LogP contribution in [0.25, 0.3) is 0 Å². The van der Waals surface area contributed by atoms with Crippen LogP contribution in [0.3, 0.4) is 0 Å². The number of carbonyl (C=O) groups is 2. The SMILES string of the molecule is CC(CN1CC(CN)OC1=O)C(N)=O. The minimum absolute atomic E-state index is 0.262. The molecule has 0 spiro atoms. The maximum atomic E-state index is 11.2. The normalized spacial score (nSPS) is 23.4. The Morgan fingerprint density at radius 1 is 1.79 bits per heavy atom. The third-order valence-corrected chi connectivity index (χ3v) is 2.19. The molecule has 0 aromatic rings. The first-order chi connectivity index (χ1) is 6.54. The van der Waals surface area contributed by atoms with Crippen LogP contribution in [0.15, 0.2) is 0 Å². The zero-order chi connectivity index (χ0) is 10.7. The predicted molar refractivity (Wildman–Crippen MR) is 49.3 cm³/mol. The molecule has 0 saturated carbocycles. The van der Waals surface area contributed by atoms with Crippen molar-refractivity contribution in [2.75, 3.05) is 19.6 Å². The van der Waals surface area contributed by atoms with Gasteiger partial charge in [0.15, 0.2) is 0 Å². The maximum Gasteiger partial charge on any atom is 0.410 e. The number of amides is 2. The minimum Gasteiger partial charge on any atom is -0.443 e. The molecule has 0 radical (unpaired) electrons. The number of cyclic esters (lactones) is 1. The van der Waals surface area contributed by atoms with Crippen LogP contribution in [0.5, 0.6) is 0 Å². The van der Waals surface area contributed by atoms with Crippen LogP contribution in [0.2, 0.25) is 0 Å². The van der Waals surface area contributed by atoms with E-state index in [0.717, 1.165) is 0 Å². The molecule has 2 unspecified atom stereocenters. The Labute approximate surface area is 82.2 Å². The van der Waals surface area contributed by atoms with Crippen molar-refractivity contribution in [2.45, 2.75) is 13.0 Å².